The molecule has 2 aromatic carbocycles. The molecule has 0 radical (unpaired) electrons. The van der Waals surface area contributed by atoms with Crippen LogP contribution in [0.1, 0.15) is 36.5 Å². The maximum Gasteiger partial charge on any atom is 0.243 e. The molecule has 0 atom stereocenters. The molecule has 1 aliphatic heterocycles. The normalized spacial score (nSPS) is 14.1. The van der Waals surface area contributed by atoms with Gasteiger partial charge in [0, 0.05) is 24.4 Å². The number of amides is 2. The third-order valence-corrected chi connectivity index (χ3v) is 4.75. The minimum atomic E-state index is -0.232. The molecule has 0 fully saturated rings. The van der Waals surface area contributed by atoms with Gasteiger partial charge in [-0.1, -0.05) is 54.9 Å². The average molecular weight is 384 g/mol. The van der Waals surface area contributed by atoms with E-state index < -0.39 is 0 Å². The monoisotopic (exact) mass is 383 g/mol. The van der Waals surface area contributed by atoms with Crippen molar-refractivity contribution >= 4 is 29.1 Å². The summed E-state index contributed by atoms with van der Waals surface area (Å²) in [7, 11) is 0. The van der Waals surface area contributed by atoms with E-state index in [-0.39, 0.29) is 18.4 Å². The van der Waals surface area contributed by atoms with Gasteiger partial charge >= 0.3 is 0 Å². The molecular weight excluding hydrogens is 362 g/mol. The number of hydrogen-bond acceptors (Lipinski definition) is 3. The van der Waals surface area contributed by atoms with Crippen LogP contribution >= 0.6 is 11.6 Å². The number of nitrogens with one attached hydrogen (secondary N) is 1. The quantitative estimate of drug-likeness (QED) is 0.829. The van der Waals surface area contributed by atoms with Gasteiger partial charge in [0.05, 0.1) is 5.71 Å². The minimum Gasteiger partial charge on any atom is -0.350 e. The second kappa shape index (κ2) is 8.82. The molecule has 3 rings (SSSR count). The van der Waals surface area contributed by atoms with Gasteiger partial charge in [0.2, 0.25) is 11.8 Å². The Morgan fingerprint density at radius 3 is 2.41 bits per heavy atom. The van der Waals surface area contributed by atoms with Crippen LogP contribution in [-0.4, -0.2) is 29.1 Å². The van der Waals surface area contributed by atoms with E-state index in [2.05, 4.69) is 29.5 Å². The summed E-state index contributed by atoms with van der Waals surface area (Å²) in [5.74, 6) is -0.376. The van der Waals surface area contributed by atoms with Crippen molar-refractivity contribution in [2.45, 2.75) is 32.7 Å². The fourth-order valence-electron chi connectivity index (χ4n) is 2.86. The molecule has 140 valence electrons. The number of hydrogen-bond donors (Lipinski definition) is 1. The Labute approximate surface area is 164 Å². The lowest BCUT2D eigenvalue weighted by molar-refractivity contribution is -0.136. The van der Waals surface area contributed by atoms with Crippen LogP contribution < -0.4 is 5.32 Å². The van der Waals surface area contributed by atoms with Gasteiger partial charge in [0.15, 0.2) is 0 Å². The summed E-state index contributed by atoms with van der Waals surface area (Å²) in [5, 5.41) is 9.12. The first-order valence-corrected chi connectivity index (χ1v) is 9.41. The van der Waals surface area contributed by atoms with Gasteiger partial charge < -0.3 is 5.32 Å². The number of carbonyl (C=O) groups is 2. The summed E-state index contributed by atoms with van der Waals surface area (Å²) in [4.78, 5) is 24.4. The van der Waals surface area contributed by atoms with Crippen molar-refractivity contribution in [1.29, 1.82) is 0 Å². The van der Waals surface area contributed by atoms with E-state index in [1.54, 1.807) is 12.1 Å². The first kappa shape index (κ1) is 19.1. The lowest BCUT2D eigenvalue weighted by Gasteiger charge is -2.23. The molecule has 0 unspecified atom stereocenters. The molecule has 0 spiro atoms. The number of aryl methyl sites for hydroxylation is 1. The molecule has 0 bridgehead atoms. The van der Waals surface area contributed by atoms with Crippen LogP contribution in [0.5, 0.6) is 0 Å². The van der Waals surface area contributed by atoms with Crippen LogP contribution in [0.3, 0.4) is 0 Å². The molecule has 1 N–H and O–H groups in total. The average Bonchev–Trinajstić information content (AvgIpc) is 2.69. The van der Waals surface area contributed by atoms with Gasteiger partial charge in [-0.3, -0.25) is 9.59 Å². The van der Waals surface area contributed by atoms with E-state index in [0.717, 1.165) is 23.3 Å². The molecule has 27 heavy (non-hydrogen) atoms. The summed E-state index contributed by atoms with van der Waals surface area (Å²) in [6, 6.07) is 15.4. The van der Waals surface area contributed by atoms with Crippen LogP contribution in [0.4, 0.5) is 0 Å². The molecule has 0 aromatic heterocycles. The Morgan fingerprint density at radius 2 is 1.74 bits per heavy atom. The zero-order valence-electron chi connectivity index (χ0n) is 15.2. The van der Waals surface area contributed by atoms with Gasteiger partial charge in [-0.05, 0) is 35.2 Å². The highest BCUT2D eigenvalue weighted by Gasteiger charge is 2.23. The SMILES string of the molecule is CCc1ccc(CNC(=O)CN2N=C(c3ccc(Cl)cc3)CCC2=O)cc1. The van der Waals surface area contributed by atoms with Crippen LogP contribution in [0.2, 0.25) is 5.02 Å². The largest absolute Gasteiger partial charge is 0.350 e. The molecule has 5 nitrogen and oxygen atoms in total. The third kappa shape index (κ3) is 5.17. The Balaban J connectivity index is 1.60. The van der Waals surface area contributed by atoms with Crippen LogP contribution in [0, 0.1) is 0 Å². The number of halogens is 1. The summed E-state index contributed by atoms with van der Waals surface area (Å²) in [6.45, 7) is 2.45. The maximum absolute atomic E-state index is 12.2. The van der Waals surface area contributed by atoms with E-state index in [9.17, 15) is 9.59 Å². The number of rotatable bonds is 6. The van der Waals surface area contributed by atoms with Crippen molar-refractivity contribution in [3.63, 3.8) is 0 Å². The molecule has 2 aromatic rings. The highest BCUT2D eigenvalue weighted by atomic mass is 35.5. The maximum atomic E-state index is 12.2. The summed E-state index contributed by atoms with van der Waals surface area (Å²) >= 11 is 5.92. The number of benzene rings is 2. The van der Waals surface area contributed by atoms with Crippen molar-refractivity contribution < 1.29 is 9.59 Å². The molecule has 1 aliphatic rings. The number of nitrogens with zero attached hydrogens (tertiary/aromatic N) is 2. The third-order valence-electron chi connectivity index (χ3n) is 4.50. The van der Waals surface area contributed by atoms with E-state index in [0.29, 0.717) is 24.4 Å². The number of hydrazone groups is 1. The van der Waals surface area contributed by atoms with Gasteiger partial charge in [-0.2, -0.15) is 5.10 Å². The summed E-state index contributed by atoms with van der Waals surface area (Å²) in [5.41, 5.74) is 3.98. The highest BCUT2D eigenvalue weighted by Crippen LogP contribution is 2.17. The fraction of sp³-hybridized carbons (Fsp3) is 0.286. The summed E-state index contributed by atoms with van der Waals surface area (Å²) < 4.78 is 0. The van der Waals surface area contributed by atoms with Crippen LogP contribution in [0.15, 0.2) is 53.6 Å². The smallest absolute Gasteiger partial charge is 0.243 e. The topological polar surface area (TPSA) is 61.8 Å². The first-order valence-electron chi connectivity index (χ1n) is 9.03. The molecule has 0 saturated heterocycles. The second-order valence-corrected chi connectivity index (χ2v) is 6.89. The van der Waals surface area contributed by atoms with Crippen molar-refractivity contribution in [3.05, 3.63) is 70.2 Å². The van der Waals surface area contributed by atoms with Crippen LogP contribution in [0.25, 0.3) is 0 Å². The van der Waals surface area contributed by atoms with E-state index >= 15 is 0 Å². The van der Waals surface area contributed by atoms with Crippen molar-refractivity contribution in [2.75, 3.05) is 6.54 Å². The Kier molecular flexibility index (Phi) is 6.24. The molecule has 2 amide bonds. The van der Waals surface area contributed by atoms with Gasteiger partial charge in [0.1, 0.15) is 6.54 Å². The zero-order valence-corrected chi connectivity index (χ0v) is 16.0. The Morgan fingerprint density at radius 1 is 1.07 bits per heavy atom. The highest BCUT2D eigenvalue weighted by molar-refractivity contribution is 6.30. The molecule has 6 heteroatoms. The zero-order chi connectivity index (χ0) is 19.2. The molecular formula is C21H22ClN3O2. The van der Waals surface area contributed by atoms with E-state index in [1.165, 1.54) is 10.6 Å². The predicted molar refractivity (Wildman–Crippen MR) is 107 cm³/mol. The molecule has 1 heterocycles. The lowest BCUT2D eigenvalue weighted by Crippen LogP contribution is -2.40. The fourth-order valence-corrected chi connectivity index (χ4v) is 2.99. The van der Waals surface area contributed by atoms with Gasteiger partial charge in [-0.15, -0.1) is 0 Å². The standard InChI is InChI=1S/C21H22ClN3O2/c1-2-15-3-5-16(6-4-15)13-23-20(26)14-25-21(27)12-11-19(24-25)17-7-9-18(22)10-8-17/h3-10H,2,11-14H2,1H3,(H,23,26). The van der Waals surface area contributed by atoms with E-state index in [1.807, 2.05) is 24.3 Å². The first-order chi connectivity index (χ1) is 13.0. The second-order valence-electron chi connectivity index (χ2n) is 6.45. The van der Waals surface area contributed by atoms with Gasteiger partial charge in [0.25, 0.3) is 0 Å². The van der Waals surface area contributed by atoms with Crippen LogP contribution in [-0.2, 0) is 22.6 Å². The Bertz CT molecular complexity index is 845. The van der Waals surface area contributed by atoms with Crippen molar-refractivity contribution in [3.8, 4) is 0 Å². The predicted octanol–water partition coefficient (Wildman–Crippen LogP) is 3.55. The van der Waals surface area contributed by atoms with Crippen molar-refractivity contribution in [2.24, 2.45) is 5.10 Å². The Hall–Kier alpha value is -2.66. The van der Waals surface area contributed by atoms with Gasteiger partial charge in [-0.25, -0.2) is 5.01 Å². The lowest BCUT2D eigenvalue weighted by atomic mass is 10.0. The number of carbonyl (C=O) groups excluding carboxylic acids is 2. The minimum absolute atomic E-state index is 0.0804. The molecule has 0 aliphatic carbocycles. The molecule has 0 saturated carbocycles. The van der Waals surface area contributed by atoms with Crippen molar-refractivity contribution in [1.82, 2.24) is 10.3 Å². The van der Waals surface area contributed by atoms with E-state index in [4.69, 9.17) is 11.6 Å². The summed E-state index contributed by atoms with van der Waals surface area (Å²) in [6.07, 6.45) is 1.88.